The molecule has 0 spiro atoms. The number of hydrogen-bond acceptors (Lipinski definition) is 4. The minimum Gasteiger partial charge on any atom is -0.495 e. The number of carbonyl (C=O) groups is 1. The number of benzene rings is 2. The summed E-state index contributed by atoms with van der Waals surface area (Å²) >= 11 is 0. The van der Waals surface area contributed by atoms with E-state index in [1.165, 1.54) is 6.07 Å². The molecule has 5 nitrogen and oxygen atoms in total. The van der Waals surface area contributed by atoms with Crippen molar-refractivity contribution in [3.8, 4) is 17.1 Å². The summed E-state index contributed by atoms with van der Waals surface area (Å²) in [5, 5.41) is 6.94. The van der Waals surface area contributed by atoms with Crippen molar-refractivity contribution in [2.45, 2.75) is 18.3 Å². The van der Waals surface area contributed by atoms with E-state index in [9.17, 15) is 9.18 Å². The van der Waals surface area contributed by atoms with Gasteiger partial charge in [-0.2, -0.15) is 0 Å². The van der Waals surface area contributed by atoms with Gasteiger partial charge in [0.05, 0.1) is 29.5 Å². The smallest absolute Gasteiger partial charge is 0.236 e. The van der Waals surface area contributed by atoms with Gasteiger partial charge in [-0.1, -0.05) is 29.4 Å². The zero-order chi connectivity index (χ0) is 18.1. The highest BCUT2D eigenvalue weighted by Gasteiger charge is 2.54. The maximum absolute atomic E-state index is 13.9. The van der Waals surface area contributed by atoms with Crippen LogP contribution in [0.25, 0.3) is 11.3 Å². The number of ether oxygens (including phenoxy) is 1. The van der Waals surface area contributed by atoms with Gasteiger partial charge in [0.1, 0.15) is 11.6 Å². The molecule has 3 aromatic rings. The van der Waals surface area contributed by atoms with E-state index < -0.39 is 11.2 Å². The quantitative estimate of drug-likeness (QED) is 0.749. The lowest BCUT2D eigenvalue weighted by molar-refractivity contribution is -0.118. The minimum absolute atomic E-state index is 0.171. The predicted molar refractivity (Wildman–Crippen MR) is 94.4 cm³/mol. The molecule has 0 radical (unpaired) electrons. The van der Waals surface area contributed by atoms with Crippen LogP contribution < -0.4 is 10.1 Å². The van der Waals surface area contributed by atoms with Gasteiger partial charge in [-0.15, -0.1) is 0 Å². The lowest BCUT2D eigenvalue weighted by Gasteiger charge is -2.14. The molecule has 1 aromatic heterocycles. The highest BCUT2D eigenvalue weighted by atomic mass is 19.1. The molecule has 1 fully saturated rings. The molecule has 0 aliphatic heterocycles. The fourth-order valence-corrected chi connectivity index (χ4v) is 3.00. The lowest BCUT2D eigenvalue weighted by atomic mass is 10.00. The number of carbonyl (C=O) groups excluding carboxylic acids is 1. The highest BCUT2D eigenvalue weighted by Crippen LogP contribution is 2.49. The highest BCUT2D eigenvalue weighted by molar-refractivity contribution is 6.02. The molecule has 2 aromatic carbocycles. The van der Waals surface area contributed by atoms with Crippen LogP contribution in [0.1, 0.15) is 18.5 Å². The number of aromatic nitrogens is 1. The Kier molecular flexibility index (Phi) is 3.95. The van der Waals surface area contributed by atoms with Gasteiger partial charge in [0.2, 0.25) is 5.91 Å². The van der Waals surface area contributed by atoms with Gasteiger partial charge in [0, 0.05) is 6.07 Å². The molecule has 0 saturated heterocycles. The van der Waals surface area contributed by atoms with Crippen LogP contribution in [0.2, 0.25) is 0 Å². The second kappa shape index (κ2) is 6.29. The molecule has 6 heteroatoms. The standard InChI is InChI=1S/C20H17FN2O3/c1-25-16-9-5-4-8-15(16)22-19(24)20(10-11-20)18-12-17(26-23-18)13-6-2-3-7-14(13)21/h2-9,12H,10-11H2,1H3,(H,22,24). The zero-order valence-electron chi connectivity index (χ0n) is 14.2. The Bertz CT molecular complexity index is 963. The summed E-state index contributed by atoms with van der Waals surface area (Å²) in [6.07, 6.45) is 1.33. The van der Waals surface area contributed by atoms with Crippen LogP contribution in [0.4, 0.5) is 10.1 Å². The normalized spacial score (nSPS) is 14.7. The third-order valence-corrected chi connectivity index (χ3v) is 4.68. The summed E-state index contributed by atoms with van der Waals surface area (Å²) in [6, 6.07) is 15.2. The van der Waals surface area contributed by atoms with Gasteiger partial charge >= 0.3 is 0 Å². The number of para-hydroxylation sites is 2. The summed E-state index contributed by atoms with van der Waals surface area (Å²) in [5.74, 6) is 0.340. The Morgan fingerprint density at radius 2 is 1.92 bits per heavy atom. The molecular weight excluding hydrogens is 335 g/mol. The molecule has 1 aliphatic carbocycles. The van der Waals surface area contributed by atoms with Crippen molar-refractivity contribution in [3.05, 3.63) is 66.1 Å². The van der Waals surface area contributed by atoms with Crippen molar-refractivity contribution >= 4 is 11.6 Å². The number of methoxy groups -OCH3 is 1. The first-order valence-corrected chi connectivity index (χ1v) is 8.30. The summed E-state index contributed by atoms with van der Waals surface area (Å²) in [4.78, 5) is 12.9. The summed E-state index contributed by atoms with van der Waals surface area (Å²) in [6.45, 7) is 0. The third-order valence-electron chi connectivity index (χ3n) is 4.68. The largest absolute Gasteiger partial charge is 0.495 e. The Labute approximate surface area is 149 Å². The average molecular weight is 352 g/mol. The molecule has 26 heavy (non-hydrogen) atoms. The number of amides is 1. The number of anilines is 1. The van der Waals surface area contributed by atoms with Gasteiger partial charge in [-0.05, 0) is 37.1 Å². The maximum atomic E-state index is 13.9. The van der Waals surface area contributed by atoms with E-state index >= 15 is 0 Å². The van der Waals surface area contributed by atoms with E-state index in [4.69, 9.17) is 9.26 Å². The first-order chi connectivity index (χ1) is 12.6. The second-order valence-corrected chi connectivity index (χ2v) is 6.29. The summed E-state index contributed by atoms with van der Waals surface area (Å²) < 4.78 is 24.5. The minimum atomic E-state index is -0.742. The number of nitrogens with zero attached hydrogens (tertiary/aromatic N) is 1. The SMILES string of the molecule is COc1ccccc1NC(=O)C1(c2cc(-c3ccccc3F)on2)CC1. The first-order valence-electron chi connectivity index (χ1n) is 8.30. The van der Waals surface area contributed by atoms with Gasteiger partial charge in [0.15, 0.2) is 5.76 Å². The first kappa shape index (κ1) is 16.3. The average Bonchev–Trinajstić information content (AvgIpc) is 3.33. The third kappa shape index (κ3) is 2.73. The Morgan fingerprint density at radius 3 is 2.65 bits per heavy atom. The van der Waals surface area contributed by atoms with E-state index in [2.05, 4.69) is 10.5 Å². The van der Waals surface area contributed by atoms with Crippen molar-refractivity contribution in [3.63, 3.8) is 0 Å². The zero-order valence-corrected chi connectivity index (χ0v) is 14.2. The monoisotopic (exact) mass is 352 g/mol. The molecule has 0 bridgehead atoms. The Hall–Kier alpha value is -3.15. The van der Waals surface area contributed by atoms with Crippen molar-refractivity contribution in [1.82, 2.24) is 5.16 Å². The Balaban J connectivity index is 1.60. The number of hydrogen-bond donors (Lipinski definition) is 1. The fourth-order valence-electron chi connectivity index (χ4n) is 3.00. The van der Waals surface area contributed by atoms with Crippen molar-refractivity contribution in [1.29, 1.82) is 0 Å². The van der Waals surface area contributed by atoms with E-state index in [-0.39, 0.29) is 5.91 Å². The topological polar surface area (TPSA) is 64.4 Å². The van der Waals surface area contributed by atoms with Gasteiger partial charge in [-0.25, -0.2) is 4.39 Å². The summed E-state index contributed by atoms with van der Waals surface area (Å²) in [5.41, 5.74) is 0.702. The van der Waals surface area contributed by atoms with Crippen LogP contribution in [0.3, 0.4) is 0 Å². The molecule has 0 unspecified atom stereocenters. The molecule has 1 saturated carbocycles. The number of nitrogens with one attached hydrogen (secondary N) is 1. The van der Waals surface area contributed by atoms with Crippen LogP contribution in [-0.2, 0) is 10.2 Å². The van der Waals surface area contributed by atoms with Gasteiger partial charge < -0.3 is 14.6 Å². The Morgan fingerprint density at radius 1 is 1.19 bits per heavy atom. The van der Waals surface area contributed by atoms with Crippen LogP contribution >= 0.6 is 0 Å². The molecule has 1 N–H and O–H groups in total. The van der Waals surface area contributed by atoms with E-state index in [0.29, 0.717) is 41.3 Å². The van der Waals surface area contributed by atoms with E-state index in [1.54, 1.807) is 43.5 Å². The fraction of sp³-hybridized carbons (Fsp3) is 0.200. The summed E-state index contributed by atoms with van der Waals surface area (Å²) in [7, 11) is 1.55. The molecule has 4 rings (SSSR count). The molecule has 1 amide bonds. The van der Waals surface area contributed by atoms with Crippen LogP contribution in [-0.4, -0.2) is 18.2 Å². The maximum Gasteiger partial charge on any atom is 0.236 e. The molecule has 132 valence electrons. The van der Waals surface area contributed by atoms with E-state index in [1.807, 2.05) is 12.1 Å². The van der Waals surface area contributed by atoms with Crippen molar-refractivity contribution in [2.24, 2.45) is 0 Å². The predicted octanol–water partition coefficient (Wildman–Crippen LogP) is 4.16. The van der Waals surface area contributed by atoms with Crippen LogP contribution in [0.15, 0.2) is 59.1 Å². The lowest BCUT2D eigenvalue weighted by Crippen LogP contribution is -2.28. The van der Waals surface area contributed by atoms with Crippen LogP contribution in [0.5, 0.6) is 5.75 Å². The molecule has 1 aliphatic rings. The number of halogens is 1. The van der Waals surface area contributed by atoms with E-state index in [0.717, 1.165) is 0 Å². The molecular formula is C20H17FN2O3. The molecule has 1 heterocycles. The van der Waals surface area contributed by atoms with Gasteiger partial charge in [0.25, 0.3) is 0 Å². The van der Waals surface area contributed by atoms with Crippen molar-refractivity contribution in [2.75, 3.05) is 12.4 Å². The van der Waals surface area contributed by atoms with Crippen molar-refractivity contribution < 1.29 is 18.4 Å². The second-order valence-electron chi connectivity index (χ2n) is 6.29. The van der Waals surface area contributed by atoms with Crippen LogP contribution in [0, 0.1) is 5.82 Å². The molecule has 0 atom stereocenters. The number of rotatable bonds is 5. The van der Waals surface area contributed by atoms with Gasteiger partial charge in [-0.3, -0.25) is 4.79 Å².